The van der Waals surface area contributed by atoms with Crippen LogP contribution in [0, 0.1) is 44.0 Å². The summed E-state index contributed by atoms with van der Waals surface area (Å²) < 4.78 is 67.9. The largest absolute Gasteiger partial charge is 0.339 e. The average Bonchev–Trinajstić information content (AvgIpc) is 1.65. The van der Waals surface area contributed by atoms with Gasteiger partial charge in [-0.2, -0.15) is 4.68 Å². The van der Waals surface area contributed by atoms with E-state index in [2.05, 4.69) is 69.1 Å². The van der Waals surface area contributed by atoms with E-state index in [1.165, 1.54) is 27.5 Å². The van der Waals surface area contributed by atoms with Crippen molar-refractivity contribution in [3.05, 3.63) is 374 Å². The molecule has 4 aromatic heterocycles. The quantitative estimate of drug-likeness (QED) is 0.0376. The van der Waals surface area contributed by atoms with E-state index in [-0.39, 0.29) is 34.7 Å². The van der Waals surface area contributed by atoms with Gasteiger partial charge in [0.05, 0.1) is 28.1 Å². The number of fused-ring (bicyclic) bond motifs is 1. The maximum atomic E-state index is 14.3. The first-order valence-corrected chi connectivity index (χ1v) is 44.1. The molecule has 126 heavy (non-hydrogen) atoms. The van der Waals surface area contributed by atoms with E-state index in [0.29, 0.717) is 112 Å². The number of hydrogen-bond acceptors (Lipinski definition) is 10. The molecule has 16 rings (SSSR count). The van der Waals surface area contributed by atoms with Gasteiger partial charge in [0.2, 0.25) is 0 Å². The predicted octanol–water partition coefficient (Wildman–Crippen LogP) is 17.7. The van der Waals surface area contributed by atoms with Gasteiger partial charge < -0.3 is 14.7 Å². The Morgan fingerprint density at radius 3 is 1.14 bits per heavy atom. The third kappa shape index (κ3) is 21.1. The fraction of sp³-hybridized carbons (Fsp3) is 0.317. The number of hydrogen-bond donors (Lipinski definition) is 0. The molecule has 7 heterocycles. The van der Waals surface area contributed by atoms with Gasteiger partial charge in [-0.1, -0.05) is 169 Å². The Balaban J connectivity index is 0.000000153. The van der Waals surface area contributed by atoms with Crippen molar-refractivity contribution in [2.24, 2.45) is 21.1 Å². The van der Waals surface area contributed by atoms with Crippen molar-refractivity contribution < 1.29 is 31.9 Å². The zero-order chi connectivity index (χ0) is 88.7. The number of pyridine rings is 1. The molecule has 3 aliphatic heterocycles. The molecular formula is C101H107Cl2F4N13O6. The van der Waals surface area contributed by atoms with E-state index >= 15 is 0 Å². The van der Waals surface area contributed by atoms with Crippen LogP contribution >= 0.6 is 23.2 Å². The second-order valence-corrected chi connectivity index (χ2v) is 33.7. The van der Waals surface area contributed by atoms with Gasteiger partial charge in [0.1, 0.15) is 34.4 Å². The summed E-state index contributed by atoms with van der Waals surface area (Å²) in [6.45, 7) is 12.6. The van der Waals surface area contributed by atoms with Crippen LogP contribution in [0.25, 0.3) is 28.0 Å². The van der Waals surface area contributed by atoms with Crippen molar-refractivity contribution >= 4 is 51.7 Å². The lowest BCUT2D eigenvalue weighted by atomic mass is 9.99. The molecule has 0 radical (unpaired) electrons. The summed E-state index contributed by atoms with van der Waals surface area (Å²) in [4.78, 5) is 97.3. The fourth-order valence-corrected chi connectivity index (χ4v) is 18.1. The van der Waals surface area contributed by atoms with Gasteiger partial charge in [-0.3, -0.25) is 57.5 Å². The normalized spacial score (nSPS) is 14.1. The highest BCUT2D eigenvalue weighted by Gasteiger charge is 2.36. The number of unbranched alkanes of at least 4 members (excludes halogenated alkanes) is 1. The van der Waals surface area contributed by atoms with Crippen molar-refractivity contribution in [1.29, 1.82) is 0 Å². The van der Waals surface area contributed by atoms with Crippen LogP contribution in [-0.4, -0.2) is 157 Å². The van der Waals surface area contributed by atoms with Crippen molar-refractivity contribution in [2.75, 3.05) is 58.9 Å². The number of carbonyl (C=O) groups excluding carboxylic acids is 3. The summed E-state index contributed by atoms with van der Waals surface area (Å²) in [6.07, 6.45) is 10.6. The number of aryl methyl sites for hydroxylation is 1. The second kappa shape index (κ2) is 41.9. The molecule has 0 atom stereocenters. The Morgan fingerprint density at radius 2 is 0.722 bits per heavy atom. The van der Waals surface area contributed by atoms with E-state index in [0.717, 1.165) is 156 Å². The molecular weight excluding hydrogens is 1640 g/mol. The lowest BCUT2D eigenvalue weighted by Crippen LogP contribution is -2.47. The number of carbonyl (C=O) groups is 3. The van der Waals surface area contributed by atoms with Crippen molar-refractivity contribution in [2.45, 2.75) is 129 Å². The van der Waals surface area contributed by atoms with Crippen LogP contribution in [0.4, 0.5) is 17.6 Å². The zero-order valence-electron chi connectivity index (χ0n) is 72.1. The second-order valence-electron chi connectivity index (χ2n) is 32.9. The number of piperidine rings is 3. The summed E-state index contributed by atoms with van der Waals surface area (Å²) >= 11 is 12.2. The van der Waals surface area contributed by atoms with E-state index in [9.17, 15) is 46.3 Å². The number of amides is 3. The molecule has 19 nitrogen and oxygen atoms in total. The third-order valence-corrected chi connectivity index (χ3v) is 25.9. The molecule has 3 fully saturated rings. The Hall–Kier alpha value is -12.0. The third-order valence-electron chi connectivity index (χ3n) is 25.4. The van der Waals surface area contributed by atoms with Gasteiger partial charge in [0, 0.05) is 150 Å². The first-order chi connectivity index (χ1) is 61.0. The molecule has 0 bridgehead atoms. The molecule has 0 aliphatic carbocycles. The fourth-order valence-electron chi connectivity index (χ4n) is 17.8. The number of halogens is 6. The predicted molar refractivity (Wildman–Crippen MR) is 489 cm³/mol. The van der Waals surface area contributed by atoms with E-state index in [4.69, 9.17) is 23.2 Å². The van der Waals surface area contributed by atoms with Gasteiger partial charge >= 0.3 is 0 Å². The first kappa shape index (κ1) is 90.3. The monoisotopic (exact) mass is 1740 g/mol. The highest BCUT2D eigenvalue weighted by atomic mass is 35.5. The standard InChI is InChI=1S/C38H42N4O2.C32H33ClF2N4O2.C31H32ClF2N5O2/c1-29-36(38(44)42(39(29)2)33-19-7-4-8-20-33)28-41(25-12-11-16-30-14-5-3-6-15-30)32-23-26-40(27-24-32)37(43)35-22-13-18-31-17-9-10-21-34(31)35;1-22-27(31(40)39(36(22)2)26-7-4-3-5-8-26)21-38(18-15-23-11-13-24(33)14-12-23)25-16-19-37(20-17-25)32(41)30-28(34)9-6-10-29(30)35;1-21-25(30(40)39(36(21)2)28-8-3-4-16-35-28)20-38(17-13-22-9-11-23(32)12-10-22)24-14-18-37(19-15-24)31(41)29-26(33)6-5-7-27(29)34/h3-10,13-15,17-22,32H,11-12,16,23-28H2,1-2H3;3-14,25H,15-21H2,1-2H3;3-12,16,24H,13-15,17-20H2,1-2H3. The first-order valence-electron chi connectivity index (χ1n) is 43.3. The zero-order valence-corrected chi connectivity index (χ0v) is 73.6. The van der Waals surface area contributed by atoms with Crippen molar-refractivity contribution in [3.63, 3.8) is 0 Å². The maximum Gasteiger partial charge on any atom is 0.277 e. The van der Waals surface area contributed by atoms with Gasteiger partial charge in [0.25, 0.3) is 34.4 Å². The van der Waals surface area contributed by atoms with Crippen molar-refractivity contribution in [3.8, 4) is 17.2 Å². The van der Waals surface area contributed by atoms with Crippen LogP contribution in [0.2, 0.25) is 10.0 Å². The highest BCUT2D eigenvalue weighted by molar-refractivity contribution is 6.30. The molecule has 0 unspecified atom stereocenters. The minimum absolute atomic E-state index is 0.0501. The Bertz CT molecular complexity index is 5810. The molecule has 9 aromatic carbocycles. The smallest absolute Gasteiger partial charge is 0.277 e. The van der Waals surface area contributed by atoms with Crippen LogP contribution in [0.5, 0.6) is 0 Å². The number of benzene rings is 9. The number of likely N-dealkylation sites (tertiary alicyclic amines) is 3. The van der Waals surface area contributed by atoms with Crippen LogP contribution in [0.1, 0.15) is 133 Å². The van der Waals surface area contributed by atoms with Crippen LogP contribution in [-0.2, 0) is 60.0 Å². The van der Waals surface area contributed by atoms with Gasteiger partial charge in [-0.25, -0.2) is 31.9 Å². The minimum atomic E-state index is -0.856. The SMILES string of the molecule is Cc1c(CN(CCCCc2ccccc2)C2CCN(C(=O)c3cccc4ccccc34)CC2)c(=O)n(-c2ccccc2)n1C.Cc1c(CN(CCc2ccc(Cl)cc2)C2CCN(C(=O)c3c(F)cccc3F)CC2)c(=O)n(-c2ccccc2)n1C.Cc1c(CN(CCc2ccc(Cl)cc2)C2CCN(C(=O)c3c(F)cccc3F)CC2)c(=O)n(-c2ccccn2)n1C. The highest BCUT2D eigenvalue weighted by Crippen LogP contribution is 2.31. The Labute approximate surface area is 742 Å². The molecule has 13 aromatic rings. The molecule has 3 aliphatic rings. The van der Waals surface area contributed by atoms with Crippen molar-refractivity contribution in [1.82, 2.24) is 62.5 Å². The molecule has 654 valence electrons. The molecule has 0 saturated carbocycles. The van der Waals surface area contributed by atoms with Gasteiger partial charge in [0.15, 0.2) is 5.82 Å². The van der Waals surface area contributed by atoms with E-state index in [1.54, 1.807) is 32.4 Å². The van der Waals surface area contributed by atoms with E-state index < -0.39 is 46.2 Å². The lowest BCUT2D eigenvalue weighted by molar-refractivity contribution is 0.0592. The molecule has 0 spiro atoms. The number of nitrogens with zero attached hydrogens (tertiary/aromatic N) is 13. The summed E-state index contributed by atoms with van der Waals surface area (Å²) in [6, 6.07) is 72.4. The number of aromatic nitrogens is 7. The number of para-hydroxylation sites is 2. The molecule has 3 saturated heterocycles. The van der Waals surface area contributed by atoms with Crippen LogP contribution < -0.4 is 16.7 Å². The average molecular weight is 1750 g/mol. The summed E-state index contributed by atoms with van der Waals surface area (Å²) in [7, 11) is 5.70. The van der Waals surface area contributed by atoms with Crippen LogP contribution in [0.15, 0.2) is 257 Å². The molecule has 0 N–H and O–H groups in total. The maximum absolute atomic E-state index is 14.3. The summed E-state index contributed by atoms with van der Waals surface area (Å²) in [5, 5.41) is 3.45. The lowest BCUT2D eigenvalue weighted by Gasteiger charge is -2.38. The minimum Gasteiger partial charge on any atom is -0.339 e. The summed E-state index contributed by atoms with van der Waals surface area (Å²) in [5.74, 6) is -4.02. The molecule has 25 heteroatoms. The van der Waals surface area contributed by atoms with E-state index in [1.807, 2.05) is 200 Å². The topological polar surface area (TPSA) is 164 Å². The summed E-state index contributed by atoms with van der Waals surface area (Å²) in [5.41, 5.74) is 9.91. The van der Waals surface area contributed by atoms with Gasteiger partial charge in [-0.15, -0.1) is 0 Å². The van der Waals surface area contributed by atoms with Gasteiger partial charge in [-0.05, 0) is 216 Å². The number of rotatable bonds is 26. The molecule has 3 amide bonds. The Morgan fingerprint density at radius 1 is 0.373 bits per heavy atom. The van der Waals surface area contributed by atoms with Crippen LogP contribution in [0.3, 0.4) is 0 Å². The Kier molecular flexibility index (Phi) is 30.0.